The van der Waals surface area contributed by atoms with E-state index in [9.17, 15) is 5.26 Å². The SMILES string of the molecule is CCOc1ccc(C2=CS/C(=C(\C#N)c3nnc4n3CCCCC4)N2CC)cc1.[Br-]. The zero-order valence-corrected chi connectivity index (χ0v) is 19.7. The van der Waals surface area contributed by atoms with Gasteiger partial charge in [-0.05, 0) is 56.5 Å². The number of thioether (sulfide) groups is 1. The maximum absolute atomic E-state index is 10.0. The highest BCUT2D eigenvalue weighted by Crippen LogP contribution is 2.43. The normalized spacial score (nSPS) is 17.4. The number of halogens is 1. The van der Waals surface area contributed by atoms with Crippen molar-refractivity contribution in [2.24, 2.45) is 0 Å². The quantitative estimate of drug-likeness (QED) is 0.598. The van der Waals surface area contributed by atoms with Crippen molar-refractivity contribution in [1.82, 2.24) is 19.7 Å². The zero-order chi connectivity index (χ0) is 20.2. The van der Waals surface area contributed by atoms with Crippen LogP contribution in [0.3, 0.4) is 0 Å². The van der Waals surface area contributed by atoms with Crippen LogP contribution in [0.1, 0.15) is 50.3 Å². The van der Waals surface area contributed by atoms with E-state index < -0.39 is 0 Å². The molecule has 1 aromatic carbocycles. The van der Waals surface area contributed by atoms with Crippen molar-refractivity contribution in [3.63, 3.8) is 0 Å². The Morgan fingerprint density at radius 2 is 1.97 bits per heavy atom. The Kier molecular flexibility index (Phi) is 7.62. The van der Waals surface area contributed by atoms with Crippen molar-refractivity contribution in [1.29, 1.82) is 5.26 Å². The molecule has 0 saturated carbocycles. The van der Waals surface area contributed by atoms with Crippen LogP contribution in [0.5, 0.6) is 5.75 Å². The van der Waals surface area contributed by atoms with E-state index in [0.29, 0.717) is 18.0 Å². The molecule has 0 bridgehead atoms. The van der Waals surface area contributed by atoms with Gasteiger partial charge in [-0.1, -0.05) is 18.2 Å². The lowest BCUT2D eigenvalue weighted by molar-refractivity contribution is -0.00000680. The van der Waals surface area contributed by atoms with Crippen LogP contribution in [0.25, 0.3) is 11.3 Å². The Morgan fingerprint density at radius 3 is 2.67 bits per heavy atom. The highest BCUT2D eigenvalue weighted by Gasteiger charge is 2.28. The first-order valence-corrected chi connectivity index (χ1v) is 11.1. The zero-order valence-electron chi connectivity index (χ0n) is 17.3. The lowest BCUT2D eigenvalue weighted by atomic mass is 10.1. The van der Waals surface area contributed by atoms with E-state index >= 15 is 0 Å². The van der Waals surface area contributed by atoms with E-state index in [4.69, 9.17) is 4.74 Å². The summed E-state index contributed by atoms with van der Waals surface area (Å²) in [5.41, 5.74) is 2.81. The van der Waals surface area contributed by atoms with Gasteiger partial charge in [0, 0.05) is 24.9 Å². The monoisotopic (exact) mass is 486 g/mol. The lowest BCUT2D eigenvalue weighted by Crippen LogP contribution is -3.00. The number of hydrogen-bond acceptors (Lipinski definition) is 6. The Balaban J connectivity index is 0.00000256. The molecule has 0 radical (unpaired) electrons. The van der Waals surface area contributed by atoms with Crippen molar-refractivity contribution in [2.45, 2.75) is 46.1 Å². The standard InChI is InChI=1S/C22H25N5OS.BrH/c1-3-26-19(16-9-11-17(12-10-16)28-4-2)15-29-22(26)18(14-23)21-25-24-20-8-6-5-7-13-27(20)21;/h9-12,15H,3-8,13H2,1-2H3;1H/p-1/b22-18+;. The topological polar surface area (TPSA) is 67.0 Å². The van der Waals surface area contributed by atoms with Crippen molar-refractivity contribution in [2.75, 3.05) is 13.2 Å². The Bertz CT molecular complexity index is 990. The second kappa shape index (κ2) is 10.2. The van der Waals surface area contributed by atoms with Crippen molar-refractivity contribution in [3.05, 3.63) is 51.9 Å². The van der Waals surface area contributed by atoms with E-state index in [1.54, 1.807) is 11.8 Å². The first-order chi connectivity index (χ1) is 14.3. The first-order valence-electron chi connectivity index (χ1n) is 10.2. The third-order valence-electron chi connectivity index (χ3n) is 5.25. The van der Waals surface area contributed by atoms with Gasteiger partial charge in [-0.3, -0.25) is 0 Å². The molecule has 4 rings (SSSR count). The van der Waals surface area contributed by atoms with Crippen LogP contribution in [0.4, 0.5) is 0 Å². The average molecular weight is 487 g/mol. The van der Waals surface area contributed by atoms with Crippen molar-refractivity contribution < 1.29 is 21.7 Å². The molecular weight excluding hydrogens is 462 g/mol. The summed E-state index contributed by atoms with van der Waals surface area (Å²) in [7, 11) is 0. The Hall–Kier alpha value is -2.24. The number of benzene rings is 1. The predicted molar refractivity (Wildman–Crippen MR) is 116 cm³/mol. The molecule has 0 fully saturated rings. The first kappa shape index (κ1) is 22.4. The van der Waals surface area contributed by atoms with Crippen LogP contribution in [-0.4, -0.2) is 32.8 Å². The maximum Gasteiger partial charge on any atom is 0.177 e. The number of aryl methyl sites for hydroxylation is 1. The molecule has 8 heteroatoms. The van der Waals surface area contributed by atoms with Gasteiger partial charge in [0.2, 0.25) is 0 Å². The molecule has 0 amide bonds. The molecule has 0 atom stereocenters. The van der Waals surface area contributed by atoms with Gasteiger partial charge < -0.3 is 31.2 Å². The Morgan fingerprint density at radius 1 is 1.17 bits per heavy atom. The van der Waals surface area contributed by atoms with Crippen LogP contribution in [0.15, 0.2) is 34.7 Å². The third kappa shape index (κ3) is 4.28. The highest BCUT2D eigenvalue weighted by atomic mass is 79.9. The lowest BCUT2D eigenvalue weighted by Gasteiger charge is -2.23. The maximum atomic E-state index is 10.0. The fourth-order valence-corrected chi connectivity index (χ4v) is 4.93. The highest BCUT2D eigenvalue weighted by molar-refractivity contribution is 8.06. The number of nitrogens with zero attached hydrogens (tertiary/aromatic N) is 5. The molecule has 0 aliphatic carbocycles. The van der Waals surface area contributed by atoms with Gasteiger partial charge in [-0.25, -0.2) is 0 Å². The summed E-state index contributed by atoms with van der Waals surface area (Å²) in [4.78, 5) is 2.19. The molecule has 3 heterocycles. The Labute approximate surface area is 192 Å². The summed E-state index contributed by atoms with van der Waals surface area (Å²) in [5, 5.41) is 21.9. The van der Waals surface area contributed by atoms with Gasteiger partial charge >= 0.3 is 0 Å². The molecule has 30 heavy (non-hydrogen) atoms. The van der Waals surface area contributed by atoms with Gasteiger partial charge in [0.1, 0.15) is 28.2 Å². The smallest absolute Gasteiger partial charge is 0.177 e. The minimum atomic E-state index is 0. The number of allylic oxidation sites excluding steroid dienone is 1. The second-order valence-electron chi connectivity index (χ2n) is 7.02. The molecule has 2 aliphatic rings. The fourth-order valence-electron chi connectivity index (χ4n) is 3.83. The van der Waals surface area contributed by atoms with Crippen molar-refractivity contribution >= 4 is 23.0 Å². The van der Waals surface area contributed by atoms with E-state index in [0.717, 1.165) is 60.2 Å². The molecule has 0 N–H and O–H groups in total. The molecule has 2 aromatic rings. The summed E-state index contributed by atoms with van der Waals surface area (Å²) in [6, 6.07) is 10.5. The molecule has 0 saturated heterocycles. The minimum Gasteiger partial charge on any atom is -1.00 e. The number of rotatable bonds is 5. The van der Waals surface area contributed by atoms with Gasteiger partial charge in [-0.15, -0.1) is 10.2 Å². The molecule has 0 spiro atoms. The second-order valence-corrected chi connectivity index (χ2v) is 7.87. The minimum absolute atomic E-state index is 0. The van der Waals surface area contributed by atoms with Gasteiger partial charge in [0.25, 0.3) is 0 Å². The van der Waals surface area contributed by atoms with E-state index in [-0.39, 0.29) is 17.0 Å². The van der Waals surface area contributed by atoms with Crippen LogP contribution in [0.2, 0.25) is 0 Å². The molecule has 1 aromatic heterocycles. The molecule has 6 nitrogen and oxygen atoms in total. The number of nitriles is 1. The molecule has 158 valence electrons. The van der Waals surface area contributed by atoms with Crippen LogP contribution in [-0.2, 0) is 13.0 Å². The summed E-state index contributed by atoms with van der Waals surface area (Å²) in [5.74, 6) is 2.56. The predicted octanol–water partition coefficient (Wildman–Crippen LogP) is 1.67. The third-order valence-corrected chi connectivity index (χ3v) is 6.24. The number of aromatic nitrogens is 3. The number of fused-ring (bicyclic) bond motifs is 1. The van der Waals surface area contributed by atoms with E-state index in [2.05, 4.69) is 50.2 Å². The van der Waals surface area contributed by atoms with Crippen LogP contribution in [0, 0.1) is 11.3 Å². The summed E-state index contributed by atoms with van der Waals surface area (Å²) in [6.07, 6.45) is 4.37. The summed E-state index contributed by atoms with van der Waals surface area (Å²) >= 11 is 1.59. The van der Waals surface area contributed by atoms with Crippen LogP contribution >= 0.6 is 11.8 Å². The number of ether oxygens (including phenoxy) is 1. The molecular formula is C22H25BrN5OS-. The van der Waals surface area contributed by atoms with E-state index in [1.165, 1.54) is 6.42 Å². The van der Waals surface area contributed by atoms with Gasteiger partial charge in [0.15, 0.2) is 5.82 Å². The van der Waals surface area contributed by atoms with Crippen molar-refractivity contribution in [3.8, 4) is 11.8 Å². The average Bonchev–Trinajstić information content (AvgIpc) is 3.27. The van der Waals surface area contributed by atoms with Gasteiger partial charge in [0.05, 0.1) is 12.3 Å². The van der Waals surface area contributed by atoms with Gasteiger partial charge in [-0.2, -0.15) is 5.26 Å². The number of hydrogen-bond donors (Lipinski definition) is 0. The molecule has 0 unspecified atom stereocenters. The molecule has 2 aliphatic heterocycles. The largest absolute Gasteiger partial charge is 1.00 e. The van der Waals surface area contributed by atoms with E-state index in [1.807, 2.05) is 19.1 Å². The fraction of sp³-hybridized carbons (Fsp3) is 0.409. The van der Waals surface area contributed by atoms with Crippen LogP contribution < -0.4 is 21.7 Å². The summed E-state index contributed by atoms with van der Waals surface area (Å²) < 4.78 is 7.70. The summed E-state index contributed by atoms with van der Waals surface area (Å²) in [6.45, 7) is 6.39.